The van der Waals surface area contributed by atoms with Crippen LogP contribution in [0.2, 0.25) is 5.02 Å². The van der Waals surface area contributed by atoms with Gasteiger partial charge in [-0.25, -0.2) is 4.39 Å². The molecule has 0 aromatic heterocycles. The van der Waals surface area contributed by atoms with E-state index in [0.717, 1.165) is 18.9 Å². The lowest BCUT2D eigenvalue weighted by Crippen LogP contribution is -2.51. The summed E-state index contributed by atoms with van der Waals surface area (Å²) in [6.45, 7) is 0.447. The van der Waals surface area contributed by atoms with Crippen LogP contribution in [-0.2, 0) is 4.79 Å². The van der Waals surface area contributed by atoms with Crippen molar-refractivity contribution >= 4 is 23.4 Å². The SMILES string of the molecule is CNC(=O)[C@H]1CCCCN1C(=O)c1cc(Cl)ccc1F. The molecule has 1 aromatic carbocycles. The predicted octanol–water partition coefficient (Wildman–Crippen LogP) is 2.22. The van der Waals surface area contributed by atoms with Crippen LogP contribution < -0.4 is 5.32 Å². The summed E-state index contributed by atoms with van der Waals surface area (Å²) in [5.41, 5.74) is -0.0895. The molecule has 0 radical (unpaired) electrons. The molecule has 20 heavy (non-hydrogen) atoms. The molecule has 1 atom stereocenters. The van der Waals surface area contributed by atoms with Gasteiger partial charge in [-0.3, -0.25) is 9.59 Å². The molecular formula is C14H16ClFN2O2. The molecule has 6 heteroatoms. The summed E-state index contributed by atoms with van der Waals surface area (Å²) in [6.07, 6.45) is 2.27. The van der Waals surface area contributed by atoms with E-state index in [0.29, 0.717) is 18.0 Å². The van der Waals surface area contributed by atoms with Crippen LogP contribution in [0.4, 0.5) is 4.39 Å². The van der Waals surface area contributed by atoms with Crippen molar-refractivity contribution in [3.8, 4) is 0 Å². The Morgan fingerprint density at radius 1 is 1.40 bits per heavy atom. The minimum Gasteiger partial charge on any atom is -0.357 e. The number of amides is 2. The second kappa shape index (κ2) is 6.22. The molecule has 2 rings (SSSR count). The van der Waals surface area contributed by atoms with Gasteiger partial charge in [-0.1, -0.05) is 11.6 Å². The van der Waals surface area contributed by atoms with Crippen LogP contribution >= 0.6 is 11.6 Å². The van der Waals surface area contributed by atoms with Crippen molar-refractivity contribution in [1.82, 2.24) is 10.2 Å². The molecule has 108 valence electrons. The van der Waals surface area contributed by atoms with Crippen LogP contribution in [0.15, 0.2) is 18.2 Å². The lowest BCUT2D eigenvalue weighted by molar-refractivity contribution is -0.126. The highest BCUT2D eigenvalue weighted by molar-refractivity contribution is 6.31. The summed E-state index contributed by atoms with van der Waals surface area (Å²) in [4.78, 5) is 25.7. The monoisotopic (exact) mass is 298 g/mol. The second-order valence-corrected chi connectivity index (χ2v) is 5.18. The number of hydrogen-bond donors (Lipinski definition) is 1. The molecule has 1 aliphatic rings. The molecule has 0 unspecified atom stereocenters. The molecule has 1 heterocycles. The fourth-order valence-electron chi connectivity index (χ4n) is 2.43. The summed E-state index contributed by atoms with van der Waals surface area (Å²) < 4.78 is 13.8. The number of likely N-dealkylation sites (tertiary alicyclic amines) is 1. The maximum absolute atomic E-state index is 13.8. The summed E-state index contributed by atoms with van der Waals surface area (Å²) in [6, 6.07) is 3.31. The van der Waals surface area contributed by atoms with Gasteiger partial charge >= 0.3 is 0 Å². The quantitative estimate of drug-likeness (QED) is 0.910. The number of likely N-dealkylation sites (N-methyl/N-ethyl adjacent to an activating group) is 1. The molecule has 0 saturated carbocycles. The third-order valence-electron chi connectivity index (χ3n) is 3.47. The van der Waals surface area contributed by atoms with Gasteiger partial charge in [-0.15, -0.1) is 0 Å². The zero-order valence-corrected chi connectivity index (χ0v) is 11.9. The van der Waals surface area contributed by atoms with Crippen molar-refractivity contribution in [3.63, 3.8) is 0 Å². The first kappa shape index (κ1) is 14.8. The van der Waals surface area contributed by atoms with Gasteiger partial charge < -0.3 is 10.2 Å². The first-order valence-corrected chi connectivity index (χ1v) is 6.90. The van der Waals surface area contributed by atoms with Gasteiger partial charge in [0.1, 0.15) is 11.9 Å². The normalized spacial score (nSPS) is 18.8. The number of benzene rings is 1. The van der Waals surface area contributed by atoms with Gasteiger partial charge in [0.15, 0.2) is 0 Å². The Labute approximate surface area is 121 Å². The van der Waals surface area contributed by atoms with Crippen LogP contribution in [0.5, 0.6) is 0 Å². The maximum atomic E-state index is 13.8. The minimum absolute atomic E-state index is 0.0895. The van der Waals surface area contributed by atoms with Crippen LogP contribution in [0, 0.1) is 5.82 Å². The van der Waals surface area contributed by atoms with E-state index in [1.165, 1.54) is 24.1 Å². The minimum atomic E-state index is -0.624. The average molecular weight is 299 g/mol. The third-order valence-corrected chi connectivity index (χ3v) is 3.71. The molecule has 1 saturated heterocycles. The average Bonchev–Trinajstić information content (AvgIpc) is 2.48. The van der Waals surface area contributed by atoms with Gasteiger partial charge in [-0.05, 0) is 37.5 Å². The molecule has 1 fully saturated rings. The summed E-state index contributed by atoms with van der Waals surface area (Å²) >= 11 is 5.81. The van der Waals surface area contributed by atoms with Crippen molar-refractivity contribution in [1.29, 1.82) is 0 Å². The smallest absolute Gasteiger partial charge is 0.257 e. The lowest BCUT2D eigenvalue weighted by atomic mass is 10.00. The summed E-state index contributed by atoms with van der Waals surface area (Å²) in [5, 5.41) is 2.84. The Hall–Kier alpha value is -1.62. The fourth-order valence-corrected chi connectivity index (χ4v) is 2.60. The molecule has 0 bridgehead atoms. The number of nitrogens with zero attached hydrogens (tertiary/aromatic N) is 1. The number of carbonyl (C=O) groups excluding carboxylic acids is 2. The van der Waals surface area contributed by atoms with E-state index in [-0.39, 0.29) is 11.5 Å². The van der Waals surface area contributed by atoms with Gasteiger partial charge in [0.05, 0.1) is 5.56 Å². The molecule has 0 aliphatic carbocycles. The lowest BCUT2D eigenvalue weighted by Gasteiger charge is -2.34. The first-order chi connectivity index (χ1) is 9.54. The third kappa shape index (κ3) is 2.93. The van der Waals surface area contributed by atoms with E-state index >= 15 is 0 Å². The van der Waals surface area contributed by atoms with Crippen molar-refractivity contribution in [2.24, 2.45) is 0 Å². The van der Waals surface area contributed by atoms with Crippen molar-refractivity contribution in [3.05, 3.63) is 34.6 Å². The van der Waals surface area contributed by atoms with Gasteiger partial charge in [0, 0.05) is 18.6 Å². The molecule has 1 aliphatic heterocycles. The van der Waals surface area contributed by atoms with Crippen LogP contribution in [0.25, 0.3) is 0 Å². The standard InChI is InChI=1S/C14H16ClFN2O2/c1-17-13(19)12-4-2-3-7-18(12)14(20)10-8-9(15)5-6-11(10)16/h5-6,8,12H,2-4,7H2,1H3,(H,17,19)/t12-/m1/s1. The number of nitrogens with one attached hydrogen (secondary N) is 1. The zero-order chi connectivity index (χ0) is 14.7. The molecule has 0 spiro atoms. The number of carbonyl (C=O) groups is 2. The zero-order valence-electron chi connectivity index (χ0n) is 11.2. The van der Waals surface area contributed by atoms with Crippen LogP contribution in [-0.4, -0.2) is 36.3 Å². The molecule has 1 aromatic rings. The largest absolute Gasteiger partial charge is 0.357 e. The number of piperidine rings is 1. The molecule has 1 N–H and O–H groups in total. The molecule has 4 nitrogen and oxygen atoms in total. The van der Waals surface area contributed by atoms with E-state index in [1.807, 2.05) is 0 Å². The Balaban J connectivity index is 2.30. The molecular weight excluding hydrogens is 283 g/mol. The topological polar surface area (TPSA) is 49.4 Å². The number of halogens is 2. The Morgan fingerprint density at radius 2 is 2.15 bits per heavy atom. The highest BCUT2D eigenvalue weighted by atomic mass is 35.5. The van der Waals surface area contributed by atoms with E-state index in [9.17, 15) is 14.0 Å². The summed E-state index contributed by atoms with van der Waals surface area (Å²) in [5.74, 6) is -1.33. The van der Waals surface area contributed by atoms with Crippen molar-refractivity contribution in [2.45, 2.75) is 25.3 Å². The Kier molecular flexibility index (Phi) is 4.60. The maximum Gasteiger partial charge on any atom is 0.257 e. The van der Waals surface area contributed by atoms with E-state index in [4.69, 9.17) is 11.6 Å². The number of hydrogen-bond acceptors (Lipinski definition) is 2. The fraction of sp³-hybridized carbons (Fsp3) is 0.429. The predicted molar refractivity (Wildman–Crippen MR) is 74.2 cm³/mol. The second-order valence-electron chi connectivity index (χ2n) is 4.75. The first-order valence-electron chi connectivity index (χ1n) is 6.52. The van der Waals surface area contributed by atoms with Crippen LogP contribution in [0.3, 0.4) is 0 Å². The van der Waals surface area contributed by atoms with Gasteiger partial charge in [0.2, 0.25) is 5.91 Å². The van der Waals surface area contributed by atoms with Crippen molar-refractivity contribution < 1.29 is 14.0 Å². The van der Waals surface area contributed by atoms with Crippen molar-refractivity contribution in [2.75, 3.05) is 13.6 Å². The Morgan fingerprint density at radius 3 is 2.85 bits per heavy atom. The van der Waals surface area contributed by atoms with E-state index in [1.54, 1.807) is 0 Å². The van der Waals surface area contributed by atoms with Crippen LogP contribution in [0.1, 0.15) is 29.6 Å². The Bertz CT molecular complexity index is 536. The summed E-state index contributed by atoms with van der Waals surface area (Å²) in [7, 11) is 1.53. The number of rotatable bonds is 2. The highest BCUT2D eigenvalue weighted by Crippen LogP contribution is 2.22. The highest BCUT2D eigenvalue weighted by Gasteiger charge is 2.33. The molecule has 2 amide bonds. The van der Waals surface area contributed by atoms with Gasteiger partial charge in [0.25, 0.3) is 5.91 Å². The van der Waals surface area contributed by atoms with Gasteiger partial charge in [-0.2, -0.15) is 0 Å². The van der Waals surface area contributed by atoms with E-state index < -0.39 is 17.8 Å². The van der Waals surface area contributed by atoms with E-state index in [2.05, 4.69) is 5.32 Å².